The number of alkyl halides is 2. The summed E-state index contributed by atoms with van der Waals surface area (Å²) < 4.78 is 29.0. The van der Waals surface area contributed by atoms with Crippen LogP contribution in [0.15, 0.2) is 24.3 Å². The van der Waals surface area contributed by atoms with Crippen molar-refractivity contribution in [2.45, 2.75) is 26.9 Å². The number of aromatic amines is 1. The summed E-state index contributed by atoms with van der Waals surface area (Å²) in [5.74, 6) is 0.289. The minimum Gasteiger partial charge on any atom is -0.434 e. The predicted molar refractivity (Wildman–Crippen MR) is 68.7 cm³/mol. The average Bonchev–Trinajstić information content (AvgIpc) is 2.72. The van der Waals surface area contributed by atoms with Crippen LogP contribution in [0.3, 0.4) is 0 Å². The highest BCUT2D eigenvalue weighted by atomic mass is 19.3. The van der Waals surface area contributed by atoms with Gasteiger partial charge in [-0.2, -0.15) is 8.78 Å². The zero-order chi connectivity index (χ0) is 14.0. The summed E-state index contributed by atoms with van der Waals surface area (Å²) in [5.41, 5.74) is 1.04. The van der Waals surface area contributed by atoms with E-state index in [1.807, 2.05) is 13.8 Å². The van der Waals surface area contributed by atoms with Crippen LogP contribution in [0.1, 0.15) is 30.8 Å². The second-order valence-electron chi connectivity index (χ2n) is 4.80. The van der Waals surface area contributed by atoms with E-state index in [0.29, 0.717) is 23.0 Å². The number of fused-ring (bicyclic) bond motifs is 1. The van der Waals surface area contributed by atoms with Gasteiger partial charge in [0.05, 0.1) is 5.69 Å². The predicted octanol–water partition coefficient (Wildman–Crippen LogP) is 4.00. The molecule has 0 aliphatic heterocycles. The molecule has 0 fully saturated rings. The van der Waals surface area contributed by atoms with Crippen molar-refractivity contribution in [2.75, 3.05) is 0 Å². The van der Waals surface area contributed by atoms with E-state index in [2.05, 4.69) is 9.72 Å². The summed E-state index contributed by atoms with van der Waals surface area (Å²) in [4.78, 5) is 14.9. The van der Waals surface area contributed by atoms with Gasteiger partial charge in [0.15, 0.2) is 5.78 Å². The number of H-pyrrole nitrogens is 1. The van der Waals surface area contributed by atoms with Gasteiger partial charge in [-0.25, -0.2) is 0 Å². The third-order valence-electron chi connectivity index (χ3n) is 2.73. The van der Waals surface area contributed by atoms with Gasteiger partial charge in [-0.15, -0.1) is 0 Å². The second kappa shape index (κ2) is 5.38. The molecule has 0 unspecified atom stereocenters. The molecule has 1 N–H and O–H groups in total. The molecule has 1 aromatic heterocycles. The molecule has 0 saturated carbocycles. The molecule has 0 bridgehead atoms. The highest BCUT2D eigenvalue weighted by Gasteiger charge is 2.15. The summed E-state index contributed by atoms with van der Waals surface area (Å²) in [7, 11) is 0. The Kier molecular flexibility index (Phi) is 3.83. The molecule has 2 aromatic rings. The third-order valence-corrected chi connectivity index (χ3v) is 2.73. The Hall–Kier alpha value is -1.91. The van der Waals surface area contributed by atoms with Crippen molar-refractivity contribution in [3.8, 4) is 5.75 Å². The van der Waals surface area contributed by atoms with E-state index in [9.17, 15) is 13.6 Å². The summed E-state index contributed by atoms with van der Waals surface area (Å²) in [6.07, 6.45) is 0.415. The first-order valence-electron chi connectivity index (χ1n) is 6.07. The number of ether oxygens (including phenoxy) is 1. The first-order chi connectivity index (χ1) is 8.97. The first-order valence-corrected chi connectivity index (χ1v) is 6.07. The Bertz CT molecular complexity index is 590. The molecule has 19 heavy (non-hydrogen) atoms. The van der Waals surface area contributed by atoms with E-state index in [-0.39, 0.29) is 17.5 Å². The van der Waals surface area contributed by atoms with Gasteiger partial charge in [0.25, 0.3) is 0 Å². The number of carbonyl (C=O) groups is 1. The molecule has 0 saturated heterocycles. The van der Waals surface area contributed by atoms with Gasteiger partial charge in [0.1, 0.15) is 5.75 Å². The topological polar surface area (TPSA) is 42.1 Å². The largest absolute Gasteiger partial charge is 0.434 e. The summed E-state index contributed by atoms with van der Waals surface area (Å²) in [5, 5.41) is 0.495. The van der Waals surface area contributed by atoms with E-state index in [1.165, 1.54) is 6.07 Å². The van der Waals surface area contributed by atoms with Gasteiger partial charge in [-0.05, 0) is 24.1 Å². The minimum atomic E-state index is -2.88. The highest BCUT2D eigenvalue weighted by molar-refractivity contribution is 6.00. The summed E-state index contributed by atoms with van der Waals surface area (Å²) in [6, 6.07) is 6.35. The summed E-state index contributed by atoms with van der Waals surface area (Å²) in [6.45, 7) is 1.02. The SMILES string of the molecule is CC(C)CC(=O)c1cc2c(OC(F)F)cccc2[nH]1. The number of aromatic nitrogens is 1. The molecule has 1 aromatic carbocycles. The lowest BCUT2D eigenvalue weighted by Gasteiger charge is -2.04. The molecule has 0 atom stereocenters. The van der Waals surface area contributed by atoms with Crippen molar-refractivity contribution in [1.29, 1.82) is 0 Å². The molecule has 0 aliphatic rings. The standard InChI is InChI=1S/C14H15F2NO2/c1-8(2)6-12(18)11-7-9-10(17-11)4-3-5-13(9)19-14(15)16/h3-5,7-8,14,17H,6H2,1-2H3. The van der Waals surface area contributed by atoms with Crippen molar-refractivity contribution in [3.63, 3.8) is 0 Å². The fourth-order valence-corrected chi connectivity index (χ4v) is 1.96. The zero-order valence-corrected chi connectivity index (χ0v) is 10.7. The van der Waals surface area contributed by atoms with Crippen LogP contribution >= 0.6 is 0 Å². The maximum absolute atomic E-state index is 12.3. The highest BCUT2D eigenvalue weighted by Crippen LogP contribution is 2.28. The fraction of sp³-hybridized carbons (Fsp3) is 0.357. The first kappa shape index (κ1) is 13.5. The van der Waals surface area contributed by atoms with Crippen LogP contribution in [0.2, 0.25) is 0 Å². The molecule has 2 rings (SSSR count). The normalized spacial score (nSPS) is 11.5. The lowest BCUT2D eigenvalue weighted by atomic mass is 10.1. The number of hydrogen-bond acceptors (Lipinski definition) is 2. The minimum absolute atomic E-state index is 0.0332. The van der Waals surface area contributed by atoms with E-state index in [1.54, 1.807) is 18.2 Å². The number of hydrogen-bond donors (Lipinski definition) is 1. The molecule has 5 heteroatoms. The molecule has 102 valence electrons. The average molecular weight is 267 g/mol. The Morgan fingerprint density at radius 3 is 2.74 bits per heavy atom. The van der Waals surface area contributed by atoms with Gasteiger partial charge < -0.3 is 9.72 Å². The molecule has 3 nitrogen and oxygen atoms in total. The lowest BCUT2D eigenvalue weighted by molar-refractivity contribution is -0.0487. The van der Waals surface area contributed by atoms with Crippen LogP contribution in [-0.2, 0) is 0 Å². The molecule has 1 heterocycles. The number of ketones is 1. The summed E-state index contributed by atoms with van der Waals surface area (Å²) >= 11 is 0. The van der Waals surface area contributed by atoms with Crippen molar-refractivity contribution in [3.05, 3.63) is 30.0 Å². The van der Waals surface area contributed by atoms with Crippen LogP contribution in [0.5, 0.6) is 5.75 Å². The van der Waals surface area contributed by atoms with Gasteiger partial charge >= 0.3 is 6.61 Å². The Labute approximate surface area is 109 Å². The monoisotopic (exact) mass is 267 g/mol. The molecule has 0 aliphatic carbocycles. The molecule has 0 radical (unpaired) electrons. The van der Waals surface area contributed by atoms with E-state index >= 15 is 0 Å². The number of carbonyl (C=O) groups excluding carboxylic acids is 1. The zero-order valence-electron chi connectivity index (χ0n) is 10.7. The second-order valence-corrected chi connectivity index (χ2v) is 4.80. The molecule has 0 spiro atoms. The Morgan fingerprint density at radius 2 is 2.11 bits per heavy atom. The van der Waals surface area contributed by atoms with Crippen LogP contribution in [0, 0.1) is 5.92 Å². The molecular weight excluding hydrogens is 252 g/mol. The fourth-order valence-electron chi connectivity index (χ4n) is 1.96. The number of Topliss-reactive ketones (excluding diaryl/α,β-unsaturated/α-hetero) is 1. The number of benzene rings is 1. The maximum atomic E-state index is 12.3. The van der Waals surface area contributed by atoms with Crippen molar-refractivity contribution in [2.24, 2.45) is 5.92 Å². The van der Waals surface area contributed by atoms with Crippen molar-refractivity contribution in [1.82, 2.24) is 4.98 Å². The molecule has 0 amide bonds. The number of rotatable bonds is 5. The lowest BCUT2D eigenvalue weighted by Crippen LogP contribution is -2.03. The smallest absolute Gasteiger partial charge is 0.387 e. The van der Waals surface area contributed by atoms with Crippen LogP contribution in [0.25, 0.3) is 10.9 Å². The number of nitrogens with one attached hydrogen (secondary N) is 1. The van der Waals surface area contributed by atoms with Crippen molar-refractivity contribution < 1.29 is 18.3 Å². The molecular formula is C14H15F2NO2. The van der Waals surface area contributed by atoms with Crippen LogP contribution < -0.4 is 4.74 Å². The van der Waals surface area contributed by atoms with Gasteiger partial charge in [-0.1, -0.05) is 19.9 Å². The van der Waals surface area contributed by atoms with Gasteiger partial charge in [-0.3, -0.25) is 4.79 Å². The maximum Gasteiger partial charge on any atom is 0.387 e. The van der Waals surface area contributed by atoms with Gasteiger partial charge in [0, 0.05) is 17.3 Å². The third kappa shape index (κ3) is 3.10. The van der Waals surface area contributed by atoms with E-state index in [4.69, 9.17) is 0 Å². The Morgan fingerprint density at radius 1 is 1.37 bits per heavy atom. The quantitative estimate of drug-likeness (QED) is 0.832. The van der Waals surface area contributed by atoms with Crippen molar-refractivity contribution >= 4 is 16.7 Å². The number of halogens is 2. The van der Waals surface area contributed by atoms with E-state index in [0.717, 1.165) is 0 Å². The Balaban J connectivity index is 2.37. The van der Waals surface area contributed by atoms with Crippen LogP contribution in [-0.4, -0.2) is 17.4 Å². The van der Waals surface area contributed by atoms with E-state index < -0.39 is 6.61 Å². The van der Waals surface area contributed by atoms with Gasteiger partial charge in [0.2, 0.25) is 0 Å². The van der Waals surface area contributed by atoms with Crippen LogP contribution in [0.4, 0.5) is 8.78 Å².